The number of halogens is 1. The smallest absolute Gasteiger partial charge is 0.277 e. The predicted molar refractivity (Wildman–Crippen MR) is 84.6 cm³/mol. The van der Waals surface area contributed by atoms with Crippen molar-refractivity contribution in [3.8, 4) is 5.75 Å². The van der Waals surface area contributed by atoms with Gasteiger partial charge in [0.05, 0.1) is 17.1 Å². The van der Waals surface area contributed by atoms with E-state index in [2.05, 4.69) is 22.9 Å². The summed E-state index contributed by atoms with van der Waals surface area (Å²) >= 11 is 3.26. The van der Waals surface area contributed by atoms with Crippen LogP contribution in [0.2, 0.25) is 0 Å². The van der Waals surface area contributed by atoms with Crippen LogP contribution in [0, 0.1) is 10.1 Å². The van der Waals surface area contributed by atoms with Crippen LogP contribution < -0.4 is 4.74 Å². The van der Waals surface area contributed by atoms with Crippen molar-refractivity contribution >= 4 is 21.6 Å². The summed E-state index contributed by atoms with van der Waals surface area (Å²) in [6, 6.07) is 5.05. The van der Waals surface area contributed by atoms with Crippen molar-refractivity contribution < 1.29 is 9.66 Å². The van der Waals surface area contributed by atoms with Crippen molar-refractivity contribution in [2.45, 2.75) is 57.4 Å². The molecule has 0 N–H and O–H groups in total. The van der Waals surface area contributed by atoms with Crippen molar-refractivity contribution in [2.75, 3.05) is 0 Å². The van der Waals surface area contributed by atoms with Crippen LogP contribution in [-0.4, -0.2) is 11.0 Å². The van der Waals surface area contributed by atoms with Crippen molar-refractivity contribution in [2.24, 2.45) is 0 Å². The Bertz CT molecular complexity index is 437. The maximum atomic E-state index is 11.0. The van der Waals surface area contributed by atoms with Crippen LogP contribution in [0.15, 0.2) is 18.2 Å². The zero-order chi connectivity index (χ0) is 15.0. The second kappa shape index (κ2) is 8.95. The van der Waals surface area contributed by atoms with Gasteiger partial charge in [0.15, 0.2) is 0 Å². The van der Waals surface area contributed by atoms with Crippen LogP contribution in [0.3, 0.4) is 0 Å². The van der Waals surface area contributed by atoms with E-state index < -0.39 is 0 Å². The van der Waals surface area contributed by atoms with Crippen LogP contribution >= 0.6 is 15.9 Å². The number of alkyl halides is 1. The molecule has 0 radical (unpaired) electrons. The molecular weight excluding hydrogens is 322 g/mol. The van der Waals surface area contributed by atoms with Crippen molar-refractivity contribution in [3.05, 3.63) is 33.9 Å². The van der Waals surface area contributed by atoms with E-state index in [4.69, 9.17) is 4.74 Å². The van der Waals surface area contributed by atoms with Gasteiger partial charge in [0.1, 0.15) is 5.75 Å². The molecule has 0 aromatic heterocycles. The maximum absolute atomic E-state index is 11.0. The molecule has 20 heavy (non-hydrogen) atoms. The van der Waals surface area contributed by atoms with E-state index in [0.717, 1.165) is 12.8 Å². The summed E-state index contributed by atoms with van der Waals surface area (Å²) < 4.78 is 5.77. The number of rotatable bonds is 9. The Hall–Kier alpha value is -1.10. The Morgan fingerprint density at radius 3 is 2.70 bits per heavy atom. The van der Waals surface area contributed by atoms with E-state index in [9.17, 15) is 10.1 Å². The molecule has 0 aliphatic carbocycles. The number of nitro groups is 1. The Labute approximate surface area is 128 Å². The first-order chi connectivity index (χ1) is 9.58. The number of nitrogens with zero attached hydrogens (tertiary/aromatic N) is 1. The molecule has 0 heterocycles. The predicted octanol–water partition coefficient (Wildman–Crippen LogP) is 5.23. The van der Waals surface area contributed by atoms with Gasteiger partial charge in [0, 0.05) is 10.9 Å². The van der Waals surface area contributed by atoms with Crippen molar-refractivity contribution in [3.63, 3.8) is 0 Å². The lowest BCUT2D eigenvalue weighted by Gasteiger charge is -2.14. The fourth-order valence-corrected chi connectivity index (χ4v) is 2.52. The quantitative estimate of drug-likeness (QED) is 0.267. The first-order valence-corrected chi connectivity index (χ1v) is 8.20. The standard InChI is InChI=1S/C15H22BrNO3/c1-3-4-5-6-7-12(2)20-14-9-8-13(11-16)15(10-14)17(18)19/h8-10,12H,3-7,11H2,1-2H3/t12-/m0/s1. The molecule has 0 fully saturated rings. The van der Waals surface area contributed by atoms with Gasteiger partial charge >= 0.3 is 0 Å². The number of nitro benzene ring substituents is 1. The Morgan fingerprint density at radius 2 is 2.10 bits per heavy atom. The first kappa shape index (κ1) is 17.0. The molecule has 0 saturated heterocycles. The molecule has 0 saturated carbocycles. The highest BCUT2D eigenvalue weighted by atomic mass is 79.9. The van der Waals surface area contributed by atoms with Crippen LogP contribution in [0.4, 0.5) is 5.69 Å². The number of hydrogen-bond acceptors (Lipinski definition) is 3. The third-order valence-corrected chi connectivity index (χ3v) is 3.80. The minimum Gasteiger partial charge on any atom is -0.490 e. The zero-order valence-corrected chi connectivity index (χ0v) is 13.7. The summed E-state index contributed by atoms with van der Waals surface area (Å²) in [4.78, 5) is 10.6. The van der Waals surface area contributed by atoms with Gasteiger partial charge in [-0.15, -0.1) is 0 Å². The van der Waals surface area contributed by atoms with E-state index in [-0.39, 0.29) is 16.7 Å². The van der Waals surface area contributed by atoms with Crippen molar-refractivity contribution in [1.29, 1.82) is 0 Å². The Balaban J connectivity index is 2.59. The monoisotopic (exact) mass is 343 g/mol. The van der Waals surface area contributed by atoms with Crippen LogP contribution in [0.25, 0.3) is 0 Å². The average Bonchev–Trinajstić information content (AvgIpc) is 2.43. The molecule has 112 valence electrons. The number of benzene rings is 1. The third-order valence-electron chi connectivity index (χ3n) is 3.20. The largest absolute Gasteiger partial charge is 0.490 e. The molecule has 5 heteroatoms. The molecular formula is C15H22BrNO3. The fourth-order valence-electron chi connectivity index (χ4n) is 2.05. The van der Waals surface area contributed by atoms with Crippen molar-refractivity contribution in [1.82, 2.24) is 0 Å². The molecule has 4 nitrogen and oxygen atoms in total. The van der Waals surface area contributed by atoms with Gasteiger partial charge in [-0.05, 0) is 31.9 Å². The summed E-state index contributed by atoms with van der Waals surface area (Å²) in [5.74, 6) is 0.574. The van der Waals surface area contributed by atoms with Crippen LogP contribution in [0.1, 0.15) is 51.5 Å². The number of hydrogen-bond donors (Lipinski definition) is 0. The van der Waals surface area contributed by atoms with Gasteiger partial charge in [-0.3, -0.25) is 10.1 Å². The number of unbranched alkanes of at least 4 members (excludes halogenated alkanes) is 3. The second-order valence-corrected chi connectivity index (χ2v) is 5.52. The van der Waals surface area contributed by atoms with E-state index in [1.165, 1.54) is 25.3 Å². The molecule has 0 amide bonds. The van der Waals surface area contributed by atoms with Crippen LogP contribution in [-0.2, 0) is 5.33 Å². The fraction of sp³-hybridized carbons (Fsp3) is 0.600. The minimum atomic E-state index is -0.366. The summed E-state index contributed by atoms with van der Waals surface area (Å²) in [6.07, 6.45) is 5.88. The Kier molecular flexibility index (Phi) is 7.59. The van der Waals surface area contributed by atoms with Gasteiger partial charge in [-0.25, -0.2) is 0 Å². The van der Waals surface area contributed by atoms with Crippen LogP contribution in [0.5, 0.6) is 5.75 Å². The van der Waals surface area contributed by atoms with Gasteiger partial charge in [0.25, 0.3) is 5.69 Å². The average molecular weight is 344 g/mol. The molecule has 0 bridgehead atoms. The highest BCUT2D eigenvalue weighted by molar-refractivity contribution is 9.08. The molecule has 0 aliphatic heterocycles. The molecule has 0 spiro atoms. The maximum Gasteiger partial charge on any atom is 0.277 e. The lowest BCUT2D eigenvalue weighted by atomic mass is 10.1. The normalized spacial score (nSPS) is 12.2. The molecule has 1 aromatic carbocycles. The summed E-state index contributed by atoms with van der Waals surface area (Å²) in [5.41, 5.74) is 0.774. The summed E-state index contributed by atoms with van der Waals surface area (Å²) in [6.45, 7) is 4.20. The highest BCUT2D eigenvalue weighted by Crippen LogP contribution is 2.27. The Morgan fingerprint density at radius 1 is 1.35 bits per heavy atom. The topological polar surface area (TPSA) is 52.4 Å². The number of ether oxygens (including phenoxy) is 1. The van der Waals surface area contributed by atoms with E-state index in [1.807, 2.05) is 6.92 Å². The van der Waals surface area contributed by atoms with Gasteiger partial charge < -0.3 is 4.74 Å². The highest BCUT2D eigenvalue weighted by Gasteiger charge is 2.15. The molecule has 1 rings (SSSR count). The van der Waals surface area contributed by atoms with Gasteiger partial charge in [-0.1, -0.05) is 42.1 Å². The van der Waals surface area contributed by atoms with E-state index in [1.54, 1.807) is 12.1 Å². The first-order valence-electron chi connectivity index (χ1n) is 7.08. The lowest BCUT2D eigenvalue weighted by Crippen LogP contribution is -2.11. The third kappa shape index (κ3) is 5.49. The summed E-state index contributed by atoms with van der Waals surface area (Å²) in [5, 5.41) is 11.5. The van der Waals surface area contributed by atoms with E-state index in [0.29, 0.717) is 16.6 Å². The zero-order valence-electron chi connectivity index (χ0n) is 12.1. The van der Waals surface area contributed by atoms with Gasteiger partial charge in [-0.2, -0.15) is 0 Å². The lowest BCUT2D eigenvalue weighted by molar-refractivity contribution is -0.385. The SMILES string of the molecule is CCCCCC[C@H](C)Oc1ccc(CBr)c([N+](=O)[O-])c1. The van der Waals surface area contributed by atoms with E-state index >= 15 is 0 Å². The minimum absolute atomic E-state index is 0.0845. The molecule has 0 aliphatic rings. The molecule has 1 aromatic rings. The second-order valence-electron chi connectivity index (χ2n) is 4.96. The molecule has 1 atom stereocenters. The molecule has 0 unspecified atom stereocenters. The summed E-state index contributed by atoms with van der Waals surface area (Å²) in [7, 11) is 0. The van der Waals surface area contributed by atoms with Gasteiger partial charge in [0.2, 0.25) is 0 Å².